The minimum atomic E-state index is -2.07. The van der Waals surface area contributed by atoms with Gasteiger partial charge in [0, 0.05) is 22.9 Å². The molecule has 0 aromatic carbocycles. The lowest BCUT2D eigenvalue weighted by atomic mass is 9.99. The van der Waals surface area contributed by atoms with Crippen LogP contribution < -0.4 is 0 Å². The fourth-order valence-electron chi connectivity index (χ4n) is 5.54. The Morgan fingerprint density at radius 2 is 1.24 bits per heavy atom. The van der Waals surface area contributed by atoms with Crippen molar-refractivity contribution in [2.75, 3.05) is 5.88 Å². The number of hydrogen-bond acceptors (Lipinski definition) is 1. The van der Waals surface area contributed by atoms with Crippen molar-refractivity contribution in [2.24, 2.45) is 5.92 Å². The molecule has 2 atom stereocenters. The molecule has 3 aliphatic rings. The highest BCUT2D eigenvalue weighted by Gasteiger charge is 2.50. The van der Waals surface area contributed by atoms with Crippen LogP contribution in [-0.4, -0.2) is 22.9 Å². The SMILES string of the molecule is O=P(C1CCCCC1)(C1CCCCC1)[C@@H]1CCC[C@@H]1CCl. The fourth-order valence-corrected chi connectivity index (χ4v) is 11.6. The first-order chi connectivity index (χ1) is 10.3. The average Bonchev–Trinajstić information content (AvgIpc) is 3.05. The van der Waals surface area contributed by atoms with Gasteiger partial charge in [0.05, 0.1) is 7.14 Å². The monoisotopic (exact) mass is 330 g/mol. The van der Waals surface area contributed by atoms with Crippen molar-refractivity contribution in [2.45, 2.75) is 100 Å². The Kier molecular flexibility index (Phi) is 5.77. The zero-order chi connectivity index (χ0) is 14.7. The molecule has 0 radical (unpaired) electrons. The lowest BCUT2D eigenvalue weighted by Gasteiger charge is -2.43. The molecule has 0 unspecified atom stereocenters. The van der Waals surface area contributed by atoms with Gasteiger partial charge in [-0.05, 0) is 44.4 Å². The van der Waals surface area contributed by atoms with E-state index in [0.29, 0.717) is 22.9 Å². The predicted octanol–water partition coefficient (Wildman–Crippen LogP) is 6.42. The Morgan fingerprint density at radius 1 is 0.714 bits per heavy atom. The molecule has 3 rings (SSSR count). The summed E-state index contributed by atoms with van der Waals surface area (Å²) in [6.45, 7) is 0. The van der Waals surface area contributed by atoms with Crippen LogP contribution in [0, 0.1) is 5.92 Å². The van der Waals surface area contributed by atoms with Gasteiger partial charge in [-0.25, -0.2) is 0 Å². The zero-order valence-corrected chi connectivity index (χ0v) is 15.1. The molecule has 0 spiro atoms. The molecule has 3 fully saturated rings. The average molecular weight is 331 g/mol. The van der Waals surface area contributed by atoms with Crippen LogP contribution in [0.4, 0.5) is 0 Å². The standard InChI is InChI=1S/C18H32ClOP/c19-14-15-8-7-13-18(15)21(20,16-9-3-1-4-10-16)17-11-5-2-6-12-17/h15-18H,1-14H2/t15-,18-/m1/s1. The maximum absolute atomic E-state index is 14.4. The quantitative estimate of drug-likeness (QED) is 0.429. The molecule has 21 heavy (non-hydrogen) atoms. The third-order valence-electron chi connectivity index (χ3n) is 6.63. The molecule has 0 amide bonds. The summed E-state index contributed by atoms with van der Waals surface area (Å²) < 4.78 is 14.4. The van der Waals surface area contributed by atoms with Crippen LogP contribution in [0.1, 0.15) is 83.5 Å². The van der Waals surface area contributed by atoms with Gasteiger partial charge in [-0.2, -0.15) is 0 Å². The second-order valence-corrected chi connectivity index (χ2v) is 11.7. The topological polar surface area (TPSA) is 17.1 Å². The first-order valence-electron chi connectivity index (χ1n) is 9.42. The van der Waals surface area contributed by atoms with E-state index in [1.165, 1.54) is 83.5 Å². The molecular formula is C18H32ClOP. The molecular weight excluding hydrogens is 299 g/mol. The van der Waals surface area contributed by atoms with Crippen LogP contribution in [0.5, 0.6) is 0 Å². The summed E-state index contributed by atoms with van der Waals surface area (Å²) in [5.74, 6) is 1.30. The van der Waals surface area contributed by atoms with E-state index in [2.05, 4.69) is 0 Å². The van der Waals surface area contributed by atoms with Crippen molar-refractivity contribution in [3.8, 4) is 0 Å². The van der Waals surface area contributed by atoms with Crippen molar-refractivity contribution in [3.63, 3.8) is 0 Å². The Labute approximate surface area is 136 Å². The Morgan fingerprint density at radius 3 is 1.71 bits per heavy atom. The normalized spacial score (nSPS) is 33.4. The van der Waals surface area contributed by atoms with Crippen LogP contribution in [0.2, 0.25) is 0 Å². The number of rotatable bonds is 4. The minimum Gasteiger partial charge on any atom is -0.323 e. The minimum absolute atomic E-state index is 0.487. The lowest BCUT2D eigenvalue weighted by Crippen LogP contribution is -2.32. The molecule has 3 aliphatic carbocycles. The highest BCUT2D eigenvalue weighted by molar-refractivity contribution is 7.66. The van der Waals surface area contributed by atoms with Gasteiger partial charge < -0.3 is 4.57 Å². The third-order valence-corrected chi connectivity index (χ3v) is 12.1. The van der Waals surface area contributed by atoms with Gasteiger partial charge in [-0.3, -0.25) is 0 Å². The summed E-state index contributed by atoms with van der Waals surface area (Å²) >= 11 is 6.27. The predicted molar refractivity (Wildman–Crippen MR) is 93.2 cm³/mol. The van der Waals surface area contributed by atoms with Gasteiger partial charge >= 0.3 is 0 Å². The molecule has 0 aliphatic heterocycles. The Balaban J connectivity index is 1.87. The number of alkyl halides is 1. The summed E-state index contributed by atoms with van der Waals surface area (Å²) in [5.41, 5.74) is 1.60. The first kappa shape index (κ1) is 16.4. The molecule has 3 heteroatoms. The second-order valence-electron chi connectivity index (χ2n) is 7.76. The summed E-state index contributed by atoms with van der Waals surface area (Å²) in [6.07, 6.45) is 16.7. The first-order valence-corrected chi connectivity index (χ1v) is 11.9. The van der Waals surface area contributed by atoms with E-state index >= 15 is 0 Å². The van der Waals surface area contributed by atoms with Crippen LogP contribution in [0.25, 0.3) is 0 Å². The summed E-state index contributed by atoms with van der Waals surface area (Å²) in [5, 5.41) is 0. The van der Waals surface area contributed by atoms with Crippen LogP contribution in [-0.2, 0) is 4.57 Å². The maximum atomic E-state index is 14.4. The van der Waals surface area contributed by atoms with E-state index in [9.17, 15) is 4.57 Å². The highest BCUT2D eigenvalue weighted by atomic mass is 35.5. The van der Waals surface area contributed by atoms with E-state index in [1.54, 1.807) is 0 Å². The summed E-state index contributed by atoms with van der Waals surface area (Å²) in [7, 11) is -2.07. The molecule has 0 aromatic heterocycles. The molecule has 0 bridgehead atoms. The summed E-state index contributed by atoms with van der Waals surface area (Å²) in [4.78, 5) is 0. The van der Waals surface area contributed by atoms with Crippen molar-refractivity contribution in [1.29, 1.82) is 0 Å². The van der Waals surface area contributed by atoms with Crippen molar-refractivity contribution in [1.82, 2.24) is 0 Å². The van der Waals surface area contributed by atoms with Crippen molar-refractivity contribution < 1.29 is 4.57 Å². The fraction of sp³-hybridized carbons (Fsp3) is 1.00. The third kappa shape index (κ3) is 3.25. The molecule has 1 nitrogen and oxygen atoms in total. The van der Waals surface area contributed by atoms with E-state index < -0.39 is 7.14 Å². The molecule has 122 valence electrons. The second kappa shape index (κ2) is 7.39. The molecule has 0 heterocycles. The zero-order valence-electron chi connectivity index (χ0n) is 13.4. The molecule has 0 saturated heterocycles. The molecule has 3 saturated carbocycles. The Bertz CT molecular complexity index is 349. The van der Waals surface area contributed by atoms with Gasteiger partial charge in [-0.15, -0.1) is 11.6 Å². The number of halogens is 1. The van der Waals surface area contributed by atoms with E-state index in [-0.39, 0.29) is 0 Å². The van der Waals surface area contributed by atoms with Gasteiger partial charge in [0.1, 0.15) is 0 Å². The van der Waals surface area contributed by atoms with E-state index in [4.69, 9.17) is 11.6 Å². The number of hydrogen-bond donors (Lipinski definition) is 0. The largest absolute Gasteiger partial charge is 0.323 e. The van der Waals surface area contributed by atoms with Crippen molar-refractivity contribution >= 4 is 18.7 Å². The maximum Gasteiger partial charge on any atom is 0.0968 e. The van der Waals surface area contributed by atoms with E-state index in [0.717, 1.165) is 5.88 Å². The highest BCUT2D eigenvalue weighted by Crippen LogP contribution is 2.69. The van der Waals surface area contributed by atoms with E-state index in [1.807, 2.05) is 0 Å². The smallest absolute Gasteiger partial charge is 0.0968 e. The van der Waals surface area contributed by atoms with Crippen LogP contribution >= 0.6 is 18.7 Å². The van der Waals surface area contributed by atoms with Gasteiger partial charge in [0.25, 0.3) is 0 Å². The van der Waals surface area contributed by atoms with Crippen LogP contribution in [0.3, 0.4) is 0 Å². The summed E-state index contributed by atoms with van der Waals surface area (Å²) in [6, 6.07) is 0. The molecule has 0 N–H and O–H groups in total. The molecule has 0 aromatic rings. The lowest BCUT2D eigenvalue weighted by molar-refractivity contribution is 0.431. The van der Waals surface area contributed by atoms with Crippen LogP contribution in [0.15, 0.2) is 0 Å². The van der Waals surface area contributed by atoms with Gasteiger partial charge in [-0.1, -0.05) is 44.9 Å². The Hall–Kier alpha value is 0.520. The van der Waals surface area contributed by atoms with Crippen molar-refractivity contribution in [3.05, 3.63) is 0 Å². The van der Waals surface area contributed by atoms with Gasteiger partial charge in [0.2, 0.25) is 0 Å². The van der Waals surface area contributed by atoms with Gasteiger partial charge in [0.15, 0.2) is 0 Å².